The van der Waals surface area contributed by atoms with E-state index in [0.29, 0.717) is 0 Å². The van der Waals surface area contributed by atoms with E-state index in [4.69, 9.17) is 17.0 Å². The van der Waals surface area contributed by atoms with E-state index in [2.05, 4.69) is 199 Å². The van der Waals surface area contributed by atoms with Crippen molar-refractivity contribution in [1.82, 2.24) is 0 Å². The molecule has 2 radical (unpaired) electrons. The summed E-state index contributed by atoms with van der Waals surface area (Å²) in [6.07, 6.45) is 3.98. The summed E-state index contributed by atoms with van der Waals surface area (Å²) in [5.74, 6) is 0. The number of hydrogen-bond acceptors (Lipinski definition) is 0. The van der Waals surface area contributed by atoms with E-state index < -0.39 is 20.8 Å². The van der Waals surface area contributed by atoms with Crippen LogP contribution in [-0.4, -0.2) is 9.52 Å². The van der Waals surface area contributed by atoms with Gasteiger partial charge in [-0.15, -0.1) is 57.9 Å². The van der Waals surface area contributed by atoms with Crippen LogP contribution in [0.2, 0.25) is 13.1 Å². The molecule has 0 fully saturated rings. The number of hydrogen-bond donors (Lipinski definition) is 0. The van der Waals surface area contributed by atoms with Crippen LogP contribution in [0.25, 0.3) is 21.5 Å². The van der Waals surface area contributed by atoms with E-state index in [1.54, 1.807) is 0 Å². The Morgan fingerprint density at radius 3 is 1.00 bits per heavy atom. The van der Waals surface area contributed by atoms with Crippen LogP contribution in [0, 0.1) is 27.7 Å². The van der Waals surface area contributed by atoms with Crippen LogP contribution in [0.1, 0.15) is 66.8 Å². The Hall–Kier alpha value is -3.78. The van der Waals surface area contributed by atoms with Crippen molar-refractivity contribution in [2.75, 3.05) is 0 Å². The third-order valence-corrected chi connectivity index (χ3v) is 10.6. The molecule has 8 aromatic rings. The van der Waals surface area contributed by atoms with Crippen molar-refractivity contribution in [2.45, 2.75) is 66.5 Å². The molecule has 0 spiro atoms. The summed E-state index contributed by atoms with van der Waals surface area (Å²) in [4.78, 5) is 0. The second-order valence-electron chi connectivity index (χ2n) is 14.4. The molecule has 8 rings (SSSR count). The quantitative estimate of drug-likeness (QED) is 0.105. The molecule has 0 nitrogen and oxygen atoms in total. The molecule has 0 saturated heterocycles. The predicted octanol–water partition coefficient (Wildman–Crippen LogP) is 14.9. The fourth-order valence-corrected chi connectivity index (χ4v) is 7.41. The SMILES string of the molecule is C[Si]C.Cc1ccccc1Cc1ccc2[cH-]ccc2c1Cc1ccccc1C.Cc1ccccc1Cc1ccc2[cH-]ccc2c1Cc1ccccc1C.[Cl][Zr+2][Cl]. The Bertz CT molecular complexity index is 2260. The Morgan fingerprint density at radius 1 is 0.411 bits per heavy atom. The van der Waals surface area contributed by atoms with Crippen molar-refractivity contribution in [3.63, 3.8) is 0 Å². The van der Waals surface area contributed by atoms with Gasteiger partial charge in [0.2, 0.25) is 0 Å². The molecule has 282 valence electrons. The van der Waals surface area contributed by atoms with Crippen LogP contribution in [0.15, 0.2) is 158 Å². The van der Waals surface area contributed by atoms with Crippen LogP contribution < -0.4 is 0 Å². The second kappa shape index (κ2) is 22.2. The van der Waals surface area contributed by atoms with E-state index in [0.717, 1.165) is 35.2 Å². The average molecular weight is 867 g/mol. The van der Waals surface area contributed by atoms with Gasteiger partial charge >= 0.3 is 37.9 Å². The molecule has 0 N–H and O–H groups in total. The molecule has 4 heteroatoms. The molecule has 0 aliphatic carbocycles. The van der Waals surface area contributed by atoms with Gasteiger partial charge in [0.05, 0.1) is 0 Å². The first-order valence-corrected chi connectivity index (χ1v) is 27.7. The Balaban J connectivity index is 0.000000188. The molecular weight excluding hydrogens is 815 g/mol. The topological polar surface area (TPSA) is 0 Å². The number of rotatable bonds is 8. The molecule has 0 aliphatic rings. The zero-order valence-electron chi connectivity index (χ0n) is 33.6. The van der Waals surface area contributed by atoms with Gasteiger partial charge in [0.1, 0.15) is 0 Å². The molecule has 56 heavy (non-hydrogen) atoms. The summed E-state index contributed by atoms with van der Waals surface area (Å²) < 4.78 is 0. The van der Waals surface area contributed by atoms with Crippen molar-refractivity contribution in [3.05, 3.63) is 224 Å². The van der Waals surface area contributed by atoms with E-state index in [9.17, 15) is 0 Å². The fraction of sp³-hybridized carbons (Fsp3) is 0.192. The molecule has 0 aromatic heterocycles. The van der Waals surface area contributed by atoms with Gasteiger partial charge in [-0.3, -0.25) is 0 Å². The van der Waals surface area contributed by atoms with Crippen LogP contribution in [0.4, 0.5) is 0 Å². The van der Waals surface area contributed by atoms with Gasteiger partial charge in [0.25, 0.3) is 0 Å². The molecule has 0 bridgehead atoms. The van der Waals surface area contributed by atoms with Crippen molar-refractivity contribution in [1.29, 1.82) is 0 Å². The summed E-state index contributed by atoms with van der Waals surface area (Å²) in [5.41, 5.74) is 17.0. The summed E-state index contributed by atoms with van der Waals surface area (Å²) in [6, 6.07) is 57.4. The van der Waals surface area contributed by atoms with Gasteiger partial charge in [0.15, 0.2) is 0 Å². The first-order chi connectivity index (χ1) is 27.3. The van der Waals surface area contributed by atoms with Crippen LogP contribution in [-0.2, 0) is 46.5 Å². The Kier molecular flexibility index (Phi) is 17.2. The van der Waals surface area contributed by atoms with E-state index in [1.165, 1.54) is 88.3 Å². The van der Waals surface area contributed by atoms with Crippen molar-refractivity contribution < 1.29 is 20.8 Å². The summed E-state index contributed by atoms with van der Waals surface area (Å²) in [6.45, 7) is 13.1. The zero-order chi connectivity index (χ0) is 39.9. The second-order valence-corrected chi connectivity index (χ2v) is 19.2. The Labute approximate surface area is 357 Å². The molecule has 0 heterocycles. The van der Waals surface area contributed by atoms with Crippen LogP contribution >= 0.6 is 17.0 Å². The average Bonchev–Trinajstić information content (AvgIpc) is 3.89. The molecule has 0 amide bonds. The molecule has 8 aromatic carbocycles. The summed E-state index contributed by atoms with van der Waals surface area (Å²) in [5, 5.41) is 5.48. The summed E-state index contributed by atoms with van der Waals surface area (Å²) >= 11 is -0.826. The van der Waals surface area contributed by atoms with E-state index in [1.807, 2.05) is 0 Å². The van der Waals surface area contributed by atoms with Gasteiger partial charge in [-0.1, -0.05) is 132 Å². The zero-order valence-corrected chi connectivity index (χ0v) is 38.6. The van der Waals surface area contributed by atoms with Crippen molar-refractivity contribution >= 4 is 48.1 Å². The first-order valence-electron chi connectivity index (χ1n) is 19.3. The first kappa shape index (κ1) is 43.3. The maximum atomic E-state index is 4.93. The molecule has 0 unspecified atom stereocenters. The van der Waals surface area contributed by atoms with Gasteiger partial charge in [-0.05, 0) is 97.9 Å². The third kappa shape index (κ3) is 11.6. The van der Waals surface area contributed by atoms with Gasteiger partial charge < -0.3 is 0 Å². The van der Waals surface area contributed by atoms with E-state index in [-0.39, 0.29) is 0 Å². The minimum atomic E-state index is -0.826. The minimum absolute atomic E-state index is 0.826. The molecule has 0 aliphatic heterocycles. The third-order valence-electron chi connectivity index (χ3n) is 10.6. The van der Waals surface area contributed by atoms with Crippen molar-refractivity contribution in [2.24, 2.45) is 0 Å². The normalized spacial score (nSPS) is 10.4. The van der Waals surface area contributed by atoms with E-state index >= 15 is 0 Å². The van der Waals surface area contributed by atoms with Crippen LogP contribution in [0.3, 0.4) is 0 Å². The summed E-state index contributed by atoms with van der Waals surface area (Å²) in [7, 11) is 11.0. The van der Waals surface area contributed by atoms with Gasteiger partial charge in [-0.2, -0.15) is 24.3 Å². The fourth-order valence-electron chi connectivity index (χ4n) is 7.41. The van der Waals surface area contributed by atoms with Gasteiger partial charge in [0, 0.05) is 9.52 Å². The predicted molar refractivity (Wildman–Crippen MR) is 244 cm³/mol. The monoisotopic (exact) mass is 864 g/mol. The van der Waals surface area contributed by atoms with Crippen molar-refractivity contribution in [3.8, 4) is 0 Å². The molecule has 0 atom stereocenters. The standard InChI is InChI=1S/2C25H23.C2H6Si.2ClH.Zr/c2*1-18-8-3-5-10-21(18)16-23-15-14-20-12-7-13-24(20)25(23)17-22-11-6-4-9-19(22)2;1-3-2;;;/h2*3-15H,16-17H2,1-2H3;1-2H3;2*1H;/q2*-1;;;;+4/p-2. The number of benzene rings is 6. The number of halogens is 2. The number of fused-ring (bicyclic) bond motifs is 2. The van der Waals surface area contributed by atoms with Crippen LogP contribution in [0.5, 0.6) is 0 Å². The maximum absolute atomic E-state index is 4.93. The molecule has 0 saturated carbocycles. The Morgan fingerprint density at radius 2 is 0.696 bits per heavy atom. The number of aryl methyl sites for hydroxylation is 4. The molecular formula is C52H52Cl2SiZr. The van der Waals surface area contributed by atoms with Gasteiger partial charge in [-0.25, -0.2) is 0 Å².